The molecule has 1 atom stereocenters. The van der Waals surface area contributed by atoms with Crippen LogP contribution in [0.1, 0.15) is 22.1 Å². The van der Waals surface area contributed by atoms with Crippen LogP contribution >= 0.6 is 11.3 Å². The molecule has 0 saturated heterocycles. The van der Waals surface area contributed by atoms with Crippen LogP contribution < -0.4 is 0 Å². The first kappa shape index (κ1) is 16.2. The number of nitrogens with zero attached hydrogens (tertiary/aromatic N) is 1. The second kappa shape index (κ2) is 6.70. The SMILES string of the molecule is Cc1ccccc1CS(=O)(=O)N(C)CC(O)c1cccs1. The van der Waals surface area contributed by atoms with Gasteiger partial charge in [0, 0.05) is 18.5 Å². The third-order valence-corrected chi connectivity index (χ3v) is 6.12. The molecule has 0 spiro atoms. The Hall–Kier alpha value is -1.21. The van der Waals surface area contributed by atoms with Gasteiger partial charge in [-0.1, -0.05) is 30.3 Å². The minimum Gasteiger partial charge on any atom is -0.386 e. The zero-order valence-corrected chi connectivity index (χ0v) is 13.7. The van der Waals surface area contributed by atoms with E-state index in [0.717, 1.165) is 16.0 Å². The van der Waals surface area contributed by atoms with E-state index in [-0.39, 0.29) is 12.3 Å². The first-order valence-electron chi connectivity index (χ1n) is 6.60. The Balaban J connectivity index is 2.07. The van der Waals surface area contributed by atoms with Crippen molar-refractivity contribution in [2.45, 2.75) is 18.8 Å². The summed E-state index contributed by atoms with van der Waals surface area (Å²) in [7, 11) is -1.94. The van der Waals surface area contributed by atoms with E-state index in [4.69, 9.17) is 0 Å². The lowest BCUT2D eigenvalue weighted by molar-refractivity contribution is 0.158. The van der Waals surface area contributed by atoms with Crippen LogP contribution in [0.15, 0.2) is 41.8 Å². The number of thiophene rings is 1. The van der Waals surface area contributed by atoms with Crippen LogP contribution in [-0.4, -0.2) is 31.4 Å². The molecule has 6 heteroatoms. The van der Waals surface area contributed by atoms with Crippen molar-refractivity contribution in [2.75, 3.05) is 13.6 Å². The largest absolute Gasteiger partial charge is 0.386 e. The molecule has 21 heavy (non-hydrogen) atoms. The number of hydrogen-bond donors (Lipinski definition) is 1. The fourth-order valence-electron chi connectivity index (χ4n) is 2.01. The fraction of sp³-hybridized carbons (Fsp3) is 0.333. The van der Waals surface area contributed by atoms with Crippen molar-refractivity contribution in [1.29, 1.82) is 0 Å². The highest BCUT2D eigenvalue weighted by atomic mass is 32.2. The van der Waals surface area contributed by atoms with Crippen molar-refractivity contribution >= 4 is 21.4 Å². The van der Waals surface area contributed by atoms with Crippen LogP contribution in [0.2, 0.25) is 0 Å². The van der Waals surface area contributed by atoms with Crippen molar-refractivity contribution in [3.8, 4) is 0 Å². The molecule has 1 heterocycles. The third-order valence-electron chi connectivity index (χ3n) is 3.38. The summed E-state index contributed by atoms with van der Waals surface area (Å²) < 4.78 is 26.0. The van der Waals surface area contributed by atoms with Crippen LogP contribution in [0.4, 0.5) is 0 Å². The summed E-state index contributed by atoms with van der Waals surface area (Å²) in [6, 6.07) is 11.1. The van der Waals surface area contributed by atoms with Gasteiger partial charge in [0.15, 0.2) is 0 Å². The smallest absolute Gasteiger partial charge is 0.218 e. The monoisotopic (exact) mass is 325 g/mol. The first-order chi connectivity index (χ1) is 9.90. The zero-order chi connectivity index (χ0) is 15.5. The second-order valence-corrected chi connectivity index (χ2v) is 8.05. The molecule has 2 rings (SSSR count). The van der Waals surface area contributed by atoms with Gasteiger partial charge in [0.2, 0.25) is 10.0 Å². The number of aliphatic hydroxyl groups excluding tert-OH is 1. The normalized spacial score (nSPS) is 13.5. The van der Waals surface area contributed by atoms with Crippen molar-refractivity contribution in [2.24, 2.45) is 0 Å². The van der Waals surface area contributed by atoms with E-state index in [0.29, 0.717) is 0 Å². The number of aliphatic hydroxyl groups is 1. The molecule has 0 aliphatic rings. The number of hydrogen-bond acceptors (Lipinski definition) is 4. The average molecular weight is 325 g/mol. The van der Waals surface area contributed by atoms with E-state index in [1.807, 2.05) is 42.6 Å². The van der Waals surface area contributed by atoms with Crippen LogP contribution in [0, 0.1) is 6.92 Å². The molecule has 2 aromatic rings. The van der Waals surface area contributed by atoms with Gasteiger partial charge in [-0.25, -0.2) is 12.7 Å². The van der Waals surface area contributed by atoms with Gasteiger partial charge in [-0.2, -0.15) is 0 Å². The number of sulfonamides is 1. The van der Waals surface area contributed by atoms with Crippen molar-refractivity contribution in [3.05, 3.63) is 57.8 Å². The van der Waals surface area contributed by atoms with E-state index in [2.05, 4.69) is 0 Å². The van der Waals surface area contributed by atoms with E-state index in [9.17, 15) is 13.5 Å². The van der Waals surface area contributed by atoms with Crippen LogP contribution in [-0.2, 0) is 15.8 Å². The maximum Gasteiger partial charge on any atom is 0.218 e. The van der Waals surface area contributed by atoms with E-state index >= 15 is 0 Å². The highest BCUT2D eigenvalue weighted by molar-refractivity contribution is 7.88. The molecular weight excluding hydrogens is 306 g/mol. The Morgan fingerprint density at radius 2 is 1.95 bits per heavy atom. The molecule has 0 fully saturated rings. The van der Waals surface area contributed by atoms with Gasteiger partial charge in [-0.05, 0) is 29.5 Å². The average Bonchev–Trinajstić information content (AvgIpc) is 2.95. The Kier molecular flexibility index (Phi) is 5.16. The summed E-state index contributed by atoms with van der Waals surface area (Å²) in [5, 5.41) is 11.9. The molecule has 1 aromatic heterocycles. The standard InChI is InChI=1S/C15H19NO3S2/c1-12-6-3-4-7-13(12)11-21(18,19)16(2)10-14(17)15-8-5-9-20-15/h3-9,14,17H,10-11H2,1-2H3. The molecule has 1 aromatic carbocycles. The lowest BCUT2D eigenvalue weighted by Crippen LogP contribution is -2.32. The van der Waals surface area contributed by atoms with Crippen LogP contribution in [0.3, 0.4) is 0 Å². The van der Waals surface area contributed by atoms with E-state index in [1.165, 1.54) is 22.7 Å². The van der Waals surface area contributed by atoms with Crippen LogP contribution in [0.25, 0.3) is 0 Å². The first-order valence-corrected chi connectivity index (χ1v) is 9.09. The molecule has 0 radical (unpaired) electrons. The van der Waals surface area contributed by atoms with E-state index in [1.54, 1.807) is 6.07 Å². The predicted octanol–water partition coefficient (Wildman–Crippen LogP) is 2.55. The molecule has 0 aliphatic carbocycles. The van der Waals surface area contributed by atoms with Gasteiger partial charge < -0.3 is 5.11 Å². The Morgan fingerprint density at radius 3 is 2.57 bits per heavy atom. The van der Waals surface area contributed by atoms with Gasteiger partial charge >= 0.3 is 0 Å². The van der Waals surface area contributed by atoms with Gasteiger partial charge in [-0.15, -0.1) is 11.3 Å². The minimum absolute atomic E-state index is 0.0483. The highest BCUT2D eigenvalue weighted by Gasteiger charge is 2.22. The summed E-state index contributed by atoms with van der Waals surface area (Å²) >= 11 is 1.42. The maximum atomic E-state index is 12.4. The molecule has 4 nitrogen and oxygen atoms in total. The maximum absolute atomic E-state index is 12.4. The number of likely N-dealkylation sites (N-methyl/N-ethyl adjacent to an activating group) is 1. The summed E-state index contributed by atoms with van der Waals surface area (Å²) in [4.78, 5) is 0.771. The summed E-state index contributed by atoms with van der Waals surface area (Å²) in [5.74, 6) is -0.0483. The number of rotatable bonds is 6. The van der Waals surface area contributed by atoms with Crippen molar-refractivity contribution in [3.63, 3.8) is 0 Å². The van der Waals surface area contributed by atoms with Gasteiger partial charge in [-0.3, -0.25) is 0 Å². The summed E-state index contributed by atoms with van der Waals surface area (Å²) in [6.07, 6.45) is -0.790. The van der Waals surface area contributed by atoms with Gasteiger partial charge in [0.05, 0.1) is 5.75 Å². The lowest BCUT2D eigenvalue weighted by Gasteiger charge is -2.20. The summed E-state index contributed by atoms with van der Waals surface area (Å²) in [5.41, 5.74) is 1.74. The lowest BCUT2D eigenvalue weighted by atomic mass is 10.1. The van der Waals surface area contributed by atoms with Gasteiger partial charge in [0.25, 0.3) is 0 Å². The topological polar surface area (TPSA) is 57.6 Å². The fourth-order valence-corrected chi connectivity index (χ4v) is 4.02. The Labute approximate surface area is 129 Å². The Bertz CT molecular complexity index is 681. The molecular formula is C15H19NO3S2. The zero-order valence-electron chi connectivity index (χ0n) is 12.1. The summed E-state index contributed by atoms with van der Waals surface area (Å²) in [6.45, 7) is 1.96. The molecule has 0 saturated carbocycles. The predicted molar refractivity (Wildman–Crippen MR) is 85.7 cm³/mol. The third kappa shape index (κ3) is 4.14. The minimum atomic E-state index is -3.44. The molecule has 0 bridgehead atoms. The van der Waals surface area contributed by atoms with Gasteiger partial charge in [0.1, 0.15) is 6.10 Å². The second-order valence-electron chi connectivity index (χ2n) is 4.99. The van der Waals surface area contributed by atoms with Crippen molar-refractivity contribution < 1.29 is 13.5 Å². The molecule has 1 N–H and O–H groups in total. The number of aryl methyl sites for hydroxylation is 1. The van der Waals surface area contributed by atoms with Crippen molar-refractivity contribution in [1.82, 2.24) is 4.31 Å². The van der Waals surface area contributed by atoms with Crippen LogP contribution in [0.5, 0.6) is 0 Å². The molecule has 0 amide bonds. The number of benzene rings is 1. The quantitative estimate of drug-likeness (QED) is 0.888. The Morgan fingerprint density at radius 1 is 1.24 bits per heavy atom. The molecule has 0 aliphatic heterocycles. The molecule has 114 valence electrons. The highest BCUT2D eigenvalue weighted by Crippen LogP contribution is 2.21. The van der Waals surface area contributed by atoms with E-state index < -0.39 is 16.1 Å². The molecule has 1 unspecified atom stereocenters.